The van der Waals surface area contributed by atoms with Gasteiger partial charge in [0.05, 0.1) is 5.02 Å². The first-order valence-corrected chi connectivity index (χ1v) is 9.53. The van der Waals surface area contributed by atoms with Gasteiger partial charge in [-0.1, -0.05) is 49.5 Å². The van der Waals surface area contributed by atoms with E-state index in [1.807, 2.05) is 6.07 Å². The fourth-order valence-corrected chi connectivity index (χ4v) is 3.78. The summed E-state index contributed by atoms with van der Waals surface area (Å²) in [4.78, 5) is 11.4. The number of halogens is 4. The highest BCUT2D eigenvalue weighted by Crippen LogP contribution is 2.36. The Balaban J connectivity index is 1.88. The number of nitrogens with one attached hydrogen (secondary N) is 2. The van der Waals surface area contributed by atoms with Crippen LogP contribution in [0.3, 0.4) is 0 Å². The van der Waals surface area contributed by atoms with E-state index in [9.17, 15) is 9.18 Å². The third-order valence-electron chi connectivity index (χ3n) is 3.62. The van der Waals surface area contributed by atoms with Gasteiger partial charge in [0.1, 0.15) is 17.6 Å². The standard InChI is InChI=1S/C17H13Br2ClFN3O2/c1-8-17(25)24-23-14(22-8)4-9-2-3-13(20)16(15(9)21)26-12-6-10(18)5-11(19)7-12/h2-3,5-8H,4H2,1H3,(H,22,23)(H,24,25)/t8-/m0/s1. The van der Waals surface area contributed by atoms with Crippen LogP contribution in [0.1, 0.15) is 12.5 Å². The number of ether oxygens (including phenoxy) is 1. The summed E-state index contributed by atoms with van der Waals surface area (Å²) in [5, 5.41) is 6.99. The van der Waals surface area contributed by atoms with E-state index < -0.39 is 11.9 Å². The van der Waals surface area contributed by atoms with Gasteiger partial charge in [-0.15, -0.1) is 0 Å². The van der Waals surface area contributed by atoms with Crippen molar-refractivity contribution in [2.75, 3.05) is 0 Å². The van der Waals surface area contributed by atoms with Crippen molar-refractivity contribution < 1.29 is 13.9 Å². The second-order valence-electron chi connectivity index (χ2n) is 5.63. The van der Waals surface area contributed by atoms with E-state index in [1.54, 1.807) is 31.2 Å². The van der Waals surface area contributed by atoms with Crippen molar-refractivity contribution in [3.8, 4) is 11.5 Å². The molecule has 0 fully saturated rings. The molecule has 5 nitrogen and oxygen atoms in total. The van der Waals surface area contributed by atoms with Crippen LogP contribution in [-0.4, -0.2) is 17.8 Å². The molecule has 0 radical (unpaired) electrons. The number of hydrazone groups is 1. The van der Waals surface area contributed by atoms with Crippen LogP contribution in [0.25, 0.3) is 0 Å². The van der Waals surface area contributed by atoms with Crippen LogP contribution in [0.5, 0.6) is 11.5 Å². The van der Waals surface area contributed by atoms with Gasteiger partial charge in [0, 0.05) is 15.4 Å². The Kier molecular flexibility index (Phi) is 5.84. The quantitative estimate of drug-likeness (QED) is 0.630. The number of nitrogens with zero attached hydrogens (tertiary/aromatic N) is 1. The van der Waals surface area contributed by atoms with Crippen LogP contribution in [0.2, 0.25) is 5.02 Å². The zero-order chi connectivity index (χ0) is 18.8. The largest absolute Gasteiger partial charge is 0.453 e. The average Bonchev–Trinajstić information content (AvgIpc) is 2.56. The molecule has 2 aromatic rings. The number of amides is 1. The summed E-state index contributed by atoms with van der Waals surface area (Å²) >= 11 is 12.8. The van der Waals surface area contributed by atoms with Gasteiger partial charge in [-0.25, -0.2) is 9.82 Å². The lowest BCUT2D eigenvalue weighted by Gasteiger charge is -2.21. The Morgan fingerprint density at radius 1 is 1.27 bits per heavy atom. The first kappa shape index (κ1) is 19.1. The number of carbonyl (C=O) groups is 1. The Bertz CT molecular complexity index is 888. The molecule has 0 saturated carbocycles. The van der Waals surface area contributed by atoms with Crippen molar-refractivity contribution in [2.45, 2.75) is 19.4 Å². The molecule has 26 heavy (non-hydrogen) atoms. The smallest absolute Gasteiger partial charge is 0.262 e. The van der Waals surface area contributed by atoms with Gasteiger partial charge >= 0.3 is 0 Å². The minimum atomic E-state index is -0.581. The molecule has 0 bridgehead atoms. The van der Waals surface area contributed by atoms with Gasteiger partial charge in [0.2, 0.25) is 0 Å². The van der Waals surface area contributed by atoms with Crippen LogP contribution >= 0.6 is 43.5 Å². The highest BCUT2D eigenvalue weighted by molar-refractivity contribution is 9.11. The molecule has 1 aliphatic heterocycles. The predicted molar refractivity (Wildman–Crippen MR) is 105 cm³/mol. The Morgan fingerprint density at radius 3 is 2.62 bits per heavy atom. The molecule has 0 spiro atoms. The molecule has 1 aliphatic rings. The maximum absolute atomic E-state index is 14.9. The van der Waals surface area contributed by atoms with E-state index in [0.29, 0.717) is 17.1 Å². The molecule has 0 aliphatic carbocycles. The maximum Gasteiger partial charge on any atom is 0.262 e. The molecular formula is C17H13Br2ClFN3O2. The van der Waals surface area contributed by atoms with Crippen LogP contribution in [0.15, 0.2) is 44.4 Å². The molecule has 136 valence electrons. The molecule has 1 atom stereocenters. The van der Waals surface area contributed by atoms with Crippen molar-refractivity contribution in [1.82, 2.24) is 10.7 Å². The Labute approximate surface area is 171 Å². The number of benzene rings is 2. The van der Waals surface area contributed by atoms with Gasteiger partial charge < -0.3 is 10.1 Å². The van der Waals surface area contributed by atoms with E-state index >= 15 is 0 Å². The molecule has 3 rings (SSSR count). The lowest BCUT2D eigenvalue weighted by Crippen LogP contribution is -2.49. The molecule has 0 saturated heterocycles. The number of hydrogen-bond donors (Lipinski definition) is 2. The highest BCUT2D eigenvalue weighted by atomic mass is 79.9. The van der Waals surface area contributed by atoms with Crippen molar-refractivity contribution in [3.63, 3.8) is 0 Å². The first-order valence-electron chi connectivity index (χ1n) is 7.57. The molecular weight excluding hydrogens is 492 g/mol. The maximum atomic E-state index is 14.9. The van der Waals surface area contributed by atoms with Gasteiger partial charge in [-0.2, -0.15) is 5.10 Å². The summed E-state index contributed by atoms with van der Waals surface area (Å²) < 4.78 is 22.2. The first-order chi connectivity index (χ1) is 12.3. The number of amidine groups is 1. The fraction of sp³-hybridized carbons (Fsp3) is 0.176. The topological polar surface area (TPSA) is 62.7 Å². The second-order valence-corrected chi connectivity index (χ2v) is 7.87. The molecule has 9 heteroatoms. The van der Waals surface area contributed by atoms with Crippen LogP contribution in [-0.2, 0) is 11.2 Å². The normalized spacial score (nSPS) is 16.6. The van der Waals surface area contributed by atoms with Crippen LogP contribution in [0, 0.1) is 5.82 Å². The van der Waals surface area contributed by atoms with E-state index in [0.717, 1.165) is 8.95 Å². The van der Waals surface area contributed by atoms with Gasteiger partial charge in [0.25, 0.3) is 5.91 Å². The number of carbonyl (C=O) groups excluding carboxylic acids is 1. The summed E-state index contributed by atoms with van der Waals surface area (Å²) in [6.45, 7) is 1.70. The summed E-state index contributed by atoms with van der Waals surface area (Å²) in [5.41, 5.74) is 2.74. The van der Waals surface area contributed by atoms with E-state index in [1.165, 1.54) is 0 Å². The SMILES string of the molecule is C[C@@H]1NC(Cc2ccc(Cl)c(Oc3cc(Br)cc(Br)c3)c2F)=NNC1=O. The predicted octanol–water partition coefficient (Wildman–Crippen LogP) is 4.76. The van der Waals surface area contributed by atoms with Crippen molar-refractivity contribution in [1.29, 1.82) is 0 Å². The summed E-state index contributed by atoms with van der Waals surface area (Å²) in [7, 11) is 0. The molecule has 0 aromatic heterocycles. The molecule has 0 unspecified atom stereocenters. The second kappa shape index (κ2) is 7.94. The Morgan fingerprint density at radius 2 is 1.96 bits per heavy atom. The summed E-state index contributed by atoms with van der Waals surface area (Å²) in [6, 6.07) is 7.94. The Hall–Kier alpha value is -1.64. The number of hydrogen-bond acceptors (Lipinski definition) is 4. The van der Waals surface area contributed by atoms with Crippen molar-refractivity contribution >= 4 is 55.2 Å². The van der Waals surface area contributed by atoms with Gasteiger partial charge in [-0.3, -0.25) is 4.79 Å². The van der Waals surface area contributed by atoms with Crippen molar-refractivity contribution in [3.05, 3.63) is 55.7 Å². The fourth-order valence-electron chi connectivity index (χ4n) is 2.35. The monoisotopic (exact) mass is 503 g/mol. The minimum absolute atomic E-state index is 0.0670. The third kappa shape index (κ3) is 4.36. The van der Waals surface area contributed by atoms with E-state index in [2.05, 4.69) is 47.7 Å². The van der Waals surface area contributed by atoms with Crippen LogP contribution in [0.4, 0.5) is 4.39 Å². The van der Waals surface area contributed by atoms with E-state index in [4.69, 9.17) is 16.3 Å². The average molecular weight is 506 g/mol. The van der Waals surface area contributed by atoms with Crippen LogP contribution < -0.4 is 15.5 Å². The van der Waals surface area contributed by atoms with Gasteiger partial charge in [-0.05, 0) is 36.8 Å². The van der Waals surface area contributed by atoms with Gasteiger partial charge in [0.15, 0.2) is 11.6 Å². The zero-order valence-electron chi connectivity index (χ0n) is 13.4. The molecule has 2 N–H and O–H groups in total. The molecule has 1 amide bonds. The third-order valence-corrected chi connectivity index (χ3v) is 4.83. The molecule has 1 heterocycles. The van der Waals surface area contributed by atoms with Crippen molar-refractivity contribution in [2.24, 2.45) is 5.10 Å². The number of rotatable bonds is 4. The molecule has 2 aromatic carbocycles. The summed E-state index contributed by atoms with van der Waals surface area (Å²) in [6.07, 6.45) is 0.159. The zero-order valence-corrected chi connectivity index (χ0v) is 17.4. The lowest BCUT2D eigenvalue weighted by molar-refractivity contribution is -0.122. The van der Waals surface area contributed by atoms with E-state index in [-0.39, 0.29) is 23.1 Å². The highest BCUT2D eigenvalue weighted by Gasteiger charge is 2.22. The summed E-state index contributed by atoms with van der Waals surface area (Å²) in [5.74, 6) is -0.00687. The minimum Gasteiger partial charge on any atom is -0.453 e. The lowest BCUT2D eigenvalue weighted by atomic mass is 10.1.